The number of rotatable bonds is 7. The van der Waals surface area contributed by atoms with Gasteiger partial charge in [-0.3, -0.25) is 14.4 Å². The van der Waals surface area contributed by atoms with E-state index in [4.69, 9.17) is 25.0 Å². The number of nitrogens with two attached hydrogens (primary N) is 1. The number of carbonyl (C=O) groups excluding carboxylic acids is 1. The van der Waals surface area contributed by atoms with Gasteiger partial charge in [-0.1, -0.05) is 0 Å². The maximum atomic E-state index is 12.5. The lowest BCUT2D eigenvalue weighted by molar-refractivity contribution is -0.0885. The summed E-state index contributed by atoms with van der Waals surface area (Å²) in [6.07, 6.45) is -15.6. The number of H-pyrrole nitrogens is 1. The first-order chi connectivity index (χ1) is 16.0. The third-order valence-electron chi connectivity index (χ3n) is 5.51. The third-order valence-corrected chi connectivity index (χ3v) is 7.45. The Balaban J connectivity index is 2.22. The van der Waals surface area contributed by atoms with Crippen molar-refractivity contribution in [3.8, 4) is 0 Å². The van der Waals surface area contributed by atoms with Crippen LogP contribution in [0.1, 0.15) is 28.1 Å². The van der Waals surface area contributed by atoms with Crippen LogP contribution >= 0.6 is 15.3 Å². The van der Waals surface area contributed by atoms with Gasteiger partial charge in [0.25, 0.3) is 11.2 Å². The molecule has 1 aromatic heterocycles. The van der Waals surface area contributed by atoms with E-state index in [1.54, 1.807) is 0 Å². The van der Waals surface area contributed by atoms with Crippen LogP contribution < -0.4 is 10.8 Å². The normalized spacial score (nSPS) is 36.9. The minimum Gasteiger partial charge on any atom is -0.394 e. The van der Waals surface area contributed by atoms with Crippen molar-refractivity contribution in [2.45, 2.75) is 54.3 Å². The fourth-order valence-electron chi connectivity index (χ4n) is 3.86. The smallest absolute Gasteiger partial charge is 0.394 e. The fraction of sp³-hybridized carbons (Fsp3) is 0.714. The molecular formula is C14H24N4O15P2. The molecule has 200 valence electrons. The van der Waals surface area contributed by atoms with Gasteiger partial charge in [0.2, 0.25) is 0 Å². The number of nitrogens with zero attached hydrogens (tertiary/aromatic N) is 1. The number of amides is 1. The van der Waals surface area contributed by atoms with Gasteiger partial charge in [-0.15, -0.1) is 0 Å². The predicted octanol–water partition coefficient (Wildman–Crippen LogP) is -5.89. The lowest BCUT2D eigenvalue weighted by atomic mass is 10.0. The van der Waals surface area contributed by atoms with Gasteiger partial charge in [-0.05, 0) is 0 Å². The quantitative estimate of drug-likeness (QED) is 0.111. The van der Waals surface area contributed by atoms with Gasteiger partial charge in [0, 0.05) is 0 Å². The van der Waals surface area contributed by atoms with Gasteiger partial charge in [0.1, 0.15) is 49.0 Å². The molecule has 2 aliphatic heterocycles. The first-order valence-corrected chi connectivity index (χ1v) is 12.8. The van der Waals surface area contributed by atoms with Crippen molar-refractivity contribution in [1.82, 2.24) is 15.1 Å². The molecule has 0 saturated carbocycles. The Hall–Kier alpha value is -1.38. The summed E-state index contributed by atoms with van der Waals surface area (Å²) in [7, 11) is -11.0. The molecule has 3 heterocycles. The summed E-state index contributed by atoms with van der Waals surface area (Å²) >= 11 is 0. The van der Waals surface area contributed by atoms with Crippen LogP contribution in [-0.4, -0.2) is 116 Å². The number of hydrogen-bond acceptors (Lipinski definition) is 13. The molecular weight excluding hydrogens is 526 g/mol. The average molecular weight is 550 g/mol. The highest BCUT2D eigenvalue weighted by Gasteiger charge is 2.68. The molecule has 35 heavy (non-hydrogen) atoms. The highest BCUT2D eigenvalue weighted by atomic mass is 31.2. The second-order valence-electron chi connectivity index (χ2n) is 7.84. The molecule has 3 unspecified atom stereocenters. The van der Waals surface area contributed by atoms with Crippen LogP contribution in [0.5, 0.6) is 0 Å². The van der Waals surface area contributed by atoms with Crippen LogP contribution in [0.15, 0.2) is 0 Å². The van der Waals surface area contributed by atoms with E-state index in [0.29, 0.717) is 0 Å². The molecule has 14 N–H and O–H groups in total. The van der Waals surface area contributed by atoms with E-state index in [1.807, 2.05) is 0 Å². The monoisotopic (exact) mass is 550 g/mol. The van der Waals surface area contributed by atoms with Crippen molar-refractivity contribution in [2.75, 3.05) is 6.61 Å². The number of nitrogens with one attached hydrogen (secondary N) is 2. The Kier molecular flexibility index (Phi) is 7.65. The van der Waals surface area contributed by atoms with Crippen molar-refractivity contribution in [3.63, 3.8) is 0 Å². The summed E-state index contributed by atoms with van der Waals surface area (Å²) in [6, 6.07) is 0. The maximum Gasteiger partial charge on any atom is 0.430 e. The minimum atomic E-state index is -5.76. The van der Waals surface area contributed by atoms with Crippen molar-refractivity contribution < 1.29 is 73.6 Å². The van der Waals surface area contributed by atoms with E-state index in [-0.39, 0.29) is 0 Å². The molecule has 1 aromatic rings. The molecule has 3 rings (SSSR count). The van der Waals surface area contributed by atoms with Crippen LogP contribution in [0.25, 0.3) is 0 Å². The molecule has 9 atom stereocenters. The van der Waals surface area contributed by atoms with E-state index in [0.717, 1.165) is 0 Å². The third kappa shape index (κ3) is 4.82. The predicted molar refractivity (Wildman–Crippen MR) is 106 cm³/mol. The zero-order chi connectivity index (χ0) is 26.7. The van der Waals surface area contributed by atoms with Gasteiger partial charge in [-0.25, -0.2) is 9.55 Å². The zero-order valence-corrected chi connectivity index (χ0v) is 19.0. The number of ether oxygens (including phenoxy) is 2. The molecule has 2 fully saturated rings. The van der Waals surface area contributed by atoms with E-state index in [9.17, 15) is 54.4 Å². The van der Waals surface area contributed by atoms with E-state index in [2.05, 4.69) is 9.97 Å². The number of carbonyl (C=O) groups is 1. The Bertz CT molecular complexity index is 1060. The Morgan fingerprint density at radius 2 is 1.74 bits per heavy atom. The lowest BCUT2D eigenvalue weighted by Crippen LogP contribution is -2.44. The summed E-state index contributed by atoms with van der Waals surface area (Å²) in [5.41, 5.74) is 3.49. The molecule has 21 heteroatoms. The Labute approximate surface area is 194 Å². The summed E-state index contributed by atoms with van der Waals surface area (Å²) in [4.78, 5) is 56.5. The largest absolute Gasteiger partial charge is 0.430 e. The highest BCUT2D eigenvalue weighted by Crippen LogP contribution is 2.63. The molecule has 0 aromatic carbocycles. The number of aliphatic hydroxyl groups excluding tert-OH is 6. The minimum absolute atomic E-state index is 0.705. The summed E-state index contributed by atoms with van der Waals surface area (Å²) in [5.74, 6) is -2.75. The molecule has 0 spiro atoms. The summed E-state index contributed by atoms with van der Waals surface area (Å²) in [6.45, 7) is -0.823. The fourth-order valence-corrected chi connectivity index (χ4v) is 5.37. The molecule has 0 radical (unpaired) electrons. The standard InChI is InChI=1S/C14H24N4O15P2/c15-11(24)9-7(22)10(23)14(33-9,34(26,27)28)13-16-3(4(17-13)12(25)18-35(29,30)31)8-6(21)5(20)2(1-19)32-8/h2,5-11,19-24H,1,15H2,(H,16,17)(H2,26,27,28)(H3,18,25,29,30,31)/t2-,5-,6-,7-,8?,9+,10-,11?,14?/m1/s1. The molecule has 2 saturated heterocycles. The van der Waals surface area contributed by atoms with Crippen LogP contribution in [0.3, 0.4) is 0 Å². The molecule has 0 aliphatic carbocycles. The van der Waals surface area contributed by atoms with Gasteiger partial charge < -0.3 is 70.4 Å². The van der Waals surface area contributed by atoms with Crippen molar-refractivity contribution in [2.24, 2.45) is 5.73 Å². The van der Waals surface area contributed by atoms with Gasteiger partial charge in [0.05, 0.1) is 12.3 Å². The van der Waals surface area contributed by atoms with Crippen molar-refractivity contribution >= 4 is 21.2 Å². The van der Waals surface area contributed by atoms with E-state index in [1.165, 1.54) is 5.09 Å². The highest BCUT2D eigenvalue weighted by molar-refractivity contribution is 7.53. The lowest BCUT2D eigenvalue weighted by Gasteiger charge is -2.30. The van der Waals surface area contributed by atoms with Crippen LogP contribution in [0.4, 0.5) is 0 Å². The summed E-state index contributed by atoms with van der Waals surface area (Å²) < 4.78 is 34.1. The van der Waals surface area contributed by atoms with Gasteiger partial charge in [-0.2, -0.15) is 0 Å². The topological polar surface area (TPSA) is 339 Å². The van der Waals surface area contributed by atoms with Crippen LogP contribution in [0.2, 0.25) is 0 Å². The Morgan fingerprint density at radius 1 is 1.14 bits per heavy atom. The van der Waals surface area contributed by atoms with Crippen molar-refractivity contribution in [3.05, 3.63) is 17.2 Å². The number of aliphatic hydroxyl groups is 6. The number of aromatic amines is 1. The SMILES string of the molecule is NC(O)[C@H]1OC(c2nc(C(=O)NP(=O)(O)O)c(C3O[C@H](CO)[C@@H](O)[C@H]3O)[nH]2)(P(=O)(O)O)[C@H](O)[C@@H]1O. The number of imidazole rings is 1. The van der Waals surface area contributed by atoms with Crippen LogP contribution in [-0.2, 0) is 23.9 Å². The molecule has 1 amide bonds. The first-order valence-electron chi connectivity index (χ1n) is 9.60. The summed E-state index contributed by atoms with van der Waals surface area (Å²) in [5, 5.41) is 57.9. The average Bonchev–Trinajstić information content (AvgIpc) is 3.35. The molecule has 0 bridgehead atoms. The number of hydrogen-bond donors (Lipinski definition) is 13. The van der Waals surface area contributed by atoms with E-state index < -0.39 is 99.4 Å². The Morgan fingerprint density at radius 3 is 2.17 bits per heavy atom. The number of aromatic nitrogens is 2. The van der Waals surface area contributed by atoms with Crippen LogP contribution in [0, 0.1) is 0 Å². The second kappa shape index (κ2) is 9.49. The van der Waals surface area contributed by atoms with Gasteiger partial charge >= 0.3 is 15.3 Å². The molecule has 19 nitrogen and oxygen atoms in total. The van der Waals surface area contributed by atoms with Crippen molar-refractivity contribution in [1.29, 1.82) is 0 Å². The maximum absolute atomic E-state index is 12.5. The molecule has 2 aliphatic rings. The van der Waals surface area contributed by atoms with E-state index >= 15 is 0 Å². The van der Waals surface area contributed by atoms with Gasteiger partial charge in [0.15, 0.2) is 11.5 Å². The second-order valence-corrected chi connectivity index (χ2v) is 10.9. The zero-order valence-electron chi connectivity index (χ0n) is 17.3. The first kappa shape index (κ1) is 28.2.